The highest BCUT2D eigenvalue weighted by molar-refractivity contribution is 5.91. The molecule has 0 unspecified atom stereocenters. The first-order valence-electron chi connectivity index (χ1n) is 4.35. The van der Waals surface area contributed by atoms with Crippen LogP contribution in [0.25, 0.3) is 0 Å². The van der Waals surface area contributed by atoms with Crippen LogP contribution < -0.4 is 0 Å². The Morgan fingerprint density at radius 2 is 2.15 bits per heavy atom. The van der Waals surface area contributed by atoms with Gasteiger partial charge in [0.25, 0.3) is 0 Å². The lowest BCUT2D eigenvalue weighted by Gasteiger charge is -2.03. The van der Waals surface area contributed by atoms with Crippen molar-refractivity contribution in [3.63, 3.8) is 0 Å². The van der Waals surface area contributed by atoms with E-state index in [1.807, 2.05) is 26.0 Å². The van der Waals surface area contributed by atoms with Crippen LogP contribution in [0.5, 0.6) is 0 Å². The van der Waals surface area contributed by atoms with Gasteiger partial charge in [-0.2, -0.15) is 0 Å². The summed E-state index contributed by atoms with van der Waals surface area (Å²) in [6.45, 7) is 7.53. The maximum Gasteiger partial charge on any atom is 0.159 e. The first-order valence-corrected chi connectivity index (χ1v) is 4.35. The van der Waals surface area contributed by atoms with Crippen LogP contribution in [-0.4, -0.2) is 5.78 Å². The lowest BCUT2D eigenvalue weighted by atomic mass is 10.0. The highest BCUT2D eigenvalue weighted by atomic mass is 16.1. The second kappa shape index (κ2) is 4.04. The zero-order valence-electron chi connectivity index (χ0n) is 8.13. The zero-order chi connectivity index (χ0) is 9.84. The Balaban J connectivity index is 2.89. The molecule has 0 aliphatic carbocycles. The third-order valence-corrected chi connectivity index (χ3v) is 2.09. The van der Waals surface area contributed by atoms with Crippen LogP contribution in [0.1, 0.15) is 16.7 Å². The second-order valence-corrected chi connectivity index (χ2v) is 3.28. The van der Waals surface area contributed by atoms with E-state index in [4.69, 9.17) is 0 Å². The summed E-state index contributed by atoms with van der Waals surface area (Å²) >= 11 is 0. The Labute approximate surface area is 79.1 Å². The first-order chi connectivity index (χ1) is 6.13. The van der Waals surface area contributed by atoms with Gasteiger partial charge in [0.05, 0.1) is 0 Å². The number of aryl methyl sites for hydroxylation is 2. The summed E-state index contributed by atoms with van der Waals surface area (Å²) in [6.07, 6.45) is 1.84. The molecular weight excluding hydrogens is 160 g/mol. The van der Waals surface area contributed by atoms with Crippen LogP contribution >= 0.6 is 0 Å². The van der Waals surface area contributed by atoms with Gasteiger partial charge in [0.15, 0.2) is 5.78 Å². The topological polar surface area (TPSA) is 17.1 Å². The molecule has 1 nitrogen and oxygen atoms in total. The Morgan fingerprint density at radius 3 is 2.69 bits per heavy atom. The van der Waals surface area contributed by atoms with Crippen LogP contribution in [0.2, 0.25) is 0 Å². The van der Waals surface area contributed by atoms with Crippen molar-refractivity contribution in [3.8, 4) is 0 Å². The summed E-state index contributed by atoms with van der Waals surface area (Å²) in [5.74, 6) is 0.0759. The van der Waals surface area contributed by atoms with E-state index in [-0.39, 0.29) is 5.78 Å². The second-order valence-electron chi connectivity index (χ2n) is 3.28. The normalized spacial score (nSPS) is 9.69. The van der Waals surface area contributed by atoms with E-state index in [2.05, 4.69) is 12.6 Å². The molecule has 13 heavy (non-hydrogen) atoms. The smallest absolute Gasteiger partial charge is 0.159 e. The number of carbonyl (C=O) groups excluding carboxylic acids is 1. The van der Waals surface area contributed by atoms with E-state index >= 15 is 0 Å². The SMILES string of the molecule is C=CC(=O)Cc1ccc(C)cc1C. The van der Waals surface area contributed by atoms with Gasteiger partial charge in [0.2, 0.25) is 0 Å². The predicted octanol–water partition coefficient (Wildman–Crippen LogP) is 2.60. The Kier molecular flexibility index (Phi) is 3.02. The molecule has 0 N–H and O–H groups in total. The molecule has 1 heteroatoms. The molecule has 0 aliphatic heterocycles. The van der Waals surface area contributed by atoms with Gasteiger partial charge in [-0.15, -0.1) is 0 Å². The molecule has 1 rings (SSSR count). The largest absolute Gasteiger partial charge is 0.295 e. The van der Waals surface area contributed by atoms with Crippen LogP contribution in [0.3, 0.4) is 0 Å². The number of ketones is 1. The number of hydrogen-bond acceptors (Lipinski definition) is 1. The standard InChI is InChI=1S/C12H14O/c1-4-12(13)8-11-6-5-9(2)7-10(11)3/h4-7H,1,8H2,2-3H3. The fourth-order valence-corrected chi connectivity index (χ4v) is 1.30. The van der Waals surface area contributed by atoms with E-state index in [9.17, 15) is 4.79 Å². The van der Waals surface area contributed by atoms with Crippen molar-refractivity contribution in [2.24, 2.45) is 0 Å². The van der Waals surface area contributed by atoms with Crippen molar-refractivity contribution >= 4 is 5.78 Å². The number of hydrogen-bond donors (Lipinski definition) is 0. The minimum atomic E-state index is 0.0759. The minimum Gasteiger partial charge on any atom is -0.295 e. The van der Waals surface area contributed by atoms with Gasteiger partial charge in [-0.25, -0.2) is 0 Å². The maximum atomic E-state index is 11.1. The monoisotopic (exact) mass is 174 g/mol. The first kappa shape index (κ1) is 9.72. The highest BCUT2D eigenvalue weighted by Crippen LogP contribution is 2.11. The van der Waals surface area contributed by atoms with Crippen molar-refractivity contribution in [2.75, 3.05) is 0 Å². The molecule has 0 heterocycles. The maximum absolute atomic E-state index is 11.1. The molecule has 0 spiro atoms. The van der Waals surface area contributed by atoms with Gasteiger partial charge in [-0.1, -0.05) is 30.3 Å². The van der Waals surface area contributed by atoms with E-state index in [0.29, 0.717) is 6.42 Å². The van der Waals surface area contributed by atoms with Gasteiger partial charge in [-0.3, -0.25) is 4.79 Å². The van der Waals surface area contributed by atoms with Gasteiger partial charge >= 0.3 is 0 Å². The number of allylic oxidation sites excluding steroid dienone is 1. The Morgan fingerprint density at radius 1 is 1.46 bits per heavy atom. The molecule has 68 valence electrons. The highest BCUT2D eigenvalue weighted by Gasteiger charge is 2.02. The van der Waals surface area contributed by atoms with Crippen molar-refractivity contribution in [3.05, 3.63) is 47.5 Å². The lowest BCUT2D eigenvalue weighted by Crippen LogP contribution is -1.99. The van der Waals surface area contributed by atoms with Crippen LogP contribution in [-0.2, 0) is 11.2 Å². The molecular formula is C12H14O. The van der Waals surface area contributed by atoms with Crippen molar-refractivity contribution < 1.29 is 4.79 Å². The molecule has 1 aromatic rings. The van der Waals surface area contributed by atoms with Crippen LogP contribution in [0, 0.1) is 13.8 Å². The fraction of sp³-hybridized carbons (Fsp3) is 0.250. The molecule has 0 radical (unpaired) electrons. The van der Waals surface area contributed by atoms with Crippen LogP contribution in [0.15, 0.2) is 30.9 Å². The summed E-state index contributed by atoms with van der Waals surface area (Å²) in [7, 11) is 0. The van der Waals surface area contributed by atoms with Gasteiger partial charge in [0, 0.05) is 6.42 Å². The quantitative estimate of drug-likeness (QED) is 0.644. The molecule has 0 amide bonds. The average molecular weight is 174 g/mol. The Bertz CT molecular complexity index is 337. The predicted molar refractivity (Wildman–Crippen MR) is 54.8 cm³/mol. The molecule has 0 saturated heterocycles. The molecule has 0 aliphatic rings. The average Bonchev–Trinajstić information content (AvgIpc) is 2.09. The van der Waals surface area contributed by atoms with Crippen LogP contribution in [0.4, 0.5) is 0 Å². The van der Waals surface area contributed by atoms with Gasteiger partial charge in [-0.05, 0) is 31.1 Å². The third kappa shape index (κ3) is 2.55. The minimum absolute atomic E-state index is 0.0759. The summed E-state index contributed by atoms with van der Waals surface area (Å²) in [5.41, 5.74) is 3.50. The molecule has 0 bridgehead atoms. The summed E-state index contributed by atoms with van der Waals surface area (Å²) < 4.78 is 0. The van der Waals surface area contributed by atoms with Gasteiger partial charge < -0.3 is 0 Å². The number of rotatable bonds is 3. The van der Waals surface area contributed by atoms with Crippen molar-refractivity contribution in [1.82, 2.24) is 0 Å². The molecule has 0 atom stereocenters. The summed E-state index contributed by atoms with van der Waals surface area (Å²) in [5, 5.41) is 0. The van der Waals surface area contributed by atoms with Crippen molar-refractivity contribution in [2.45, 2.75) is 20.3 Å². The molecule has 0 fully saturated rings. The van der Waals surface area contributed by atoms with E-state index < -0.39 is 0 Å². The molecule has 0 saturated carbocycles. The summed E-state index contributed by atoms with van der Waals surface area (Å²) in [6, 6.07) is 6.12. The third-order valence-electron chi connectivity index (χ3n) is 2.09. The Hall–Kier alpha value is -1.37. The zero-order valence-corrected chi connectivity index (χ0v) is 8.13. The van der Waals surface area contributed by atoms with Gasteiger partial charge in [0.1, 0.15) is 0 Å². The summed E-state index contributed by atoms with van der Waals surface area (Å²) in [4.78, 5) is 11.1. The van der Waals surface area contributed by atoms with E-state index in [0.717, 1.165) is 5.56 Å². The lowest BCUT2D eigenvalue weighted by molar-refractivity contribution is -0.114. The molecule has 1 aromatic carbocycles. The fourth-order valence-electron chi connectivity index (χ4n) is 1.30. The van der Waals surface area contributed by atoms with E-state index in [1.165, 1.54) is 17.2 Å². The number of benzene rings is 1. The van der Waals surface area contributed by atoms with E-state index in [1.54, 1.807) is 0 Å². The molecule has 0 aromatic heterocycles. The number of carbonyl (C=O) groups is 1. The van der Waals surface area contributed by atoms with Crippen molar-refractivity contribution in [1.29, 1.82) is 0 Å².